The molecule has 0 rings (SSSR count). The number of amides is 3. The van der Waals surface area contributed by atoms with Gasteiger partial charge in [0.15, 0.2) is 0 Å². The molecule has 0 aromatic heterocycles. The van der Waals surface area contributed by atoms with Gasteiger partial charge in [0, 0.05) is 6.54 Å². The molecule has 0 aromatic carbocycles. The topological polar surface area (TPSA) is 110 Å². The van der Waals surface area contributed by atoms with Crippen LogP contribution in [0.2, 0.25) is 0 Å². The SMILES string of the molecule is CNC(CCNC(N)=O)C(N)=O. The third kappa shape index (κ3) is 4.51. The van der Waals surface area contributed by atoms with Gasteiger partial charge in [0.1, 0.15) is 0 Å². The number of urea groups is 1. The molecule has 3 amide bonds. The third-order valence-corrected chi connectivity index (χ3v) is 1.42. The predicted molar refractivity (Wildman–Crippen MR) is 44.2 cm³/mol. The van der Waals surface area contributed by atoms with Crippen molar-refractivity contribution in [3.63, 3.8) is 0 Å². The van der Waals surface area contributed by atoms with Gasteiger partial charge in [-0.05, 0) is 13.5 Å². The van der Waals surface area contributed by atoms with E-state index in [0.717, 1.165) is 0 Å². The molecule has 6 heteroatoms. The summed E-state index contributed by atoms with van der Waals surface area (Å²) in [4.78, 5) is 20.8. The van der Waals surface area contributed by atoms with E-state index in [9.17, 15) is 9.59 Å². The molecule has 1 unspecified atom stereocenters. The zero-order valence-electron chi connectivity index (χ0n) is 6.96. The number of hydrogen-bond acceptors (Lipinski definition) is 3. The molecule has 0 aromatic rings. The summed E-state index contributed by atoms with van der Waals surface area (Å²) in [6, 6.07) is -1.02. The van der Waals surface area contributed by atoms with Gasteiger partial charge in [-0.25, -0.2) is 4.79 Å². The Balaban J connectivity index is 3.59. The molecule has 0 aliphatic carbocycles. The first-order valence-electron chi connectivity index (χ1n) is 3.57. The zero-order valence-corrected chi connectivity index (χ0v) is 6.96. The lowest BCUT2D eigenvalue weighted by atomic mass is 10.2. The lowest BCUT2D eigenvalue weighted by Gasteiger charge is -2.11. The predicted octanol–water partition coefficient (Wildman–Crippen LogP) is -1.88. The highest BCUT2D eigenvalue weighted by molar-refractivity contribution is 5.79. The highest BCUT2D eigenvalue weighted by atomic mass is 16.2. The molecule has 6 nitrogen and oxygen atoms in total. The van der Waals surface area contributed by atoms with Gasteiger partial charge in [0.25, 0.3) is 0 Å². The summed E-state index contributed by atoms with van der Waals surface area (Å²) < 4.78 is 0. The van der Waals surface area contributed by atoms with Gasteiger partial charge in [0.2, 0.25) is 5.91 Å². The van der Waals surface area contributed by atoms with Crippen molar-refractivity contribution < 1.29 is 9.59 Å². The highest BCUT2D eigenvalue weighted by Crippen LogP contribution is 1.87. The second-order valence-electron chi connectivity index (χ2n) is 2.32. The fraction of sp³-hybridized carbons (Fsp3) is 0.667. The Morgan fingerprint density at radius 2 is 2.00 bits per heavy atom. The summed E-state index contributed by atoms with van der Waals surface area (Å²) in [6.45, 7) is 0.337. The molecule has 0 saturated heterocycles. The quantitative estimate of drug-likeness (QED) is 0.391. The minimum atomic E-state index is -0.602. The van der Waals surface area contributed by atoms with Gasteiger partial charge < -0.3 is 22.1 Å². The van der Waals surface area contributed by atoms with Crippen molar-refractivity contribution in [1.82, 2.24) is 10.6 Å². The first-order chi connectivity index (χ1) is 5.57. The van der Waals surface area contributed by atoms with Crippen LogP contribution in [-0.4, -0.2) is 31.6 Å². The van der Waals surface area contributed by atoms with Crippen LogP contribution in [0, 0.1) is 0 Å². The van der Waals surface area contributed by atoms with E-state index in [1.165, 1.54) is 0 Å². The van der Waals surface area contributed by atoms with Crippen molar-refractivity contribution in [3.8, 4) is 0 Å². The van der Waals surface area contributed by atoms with E-state index in [1.54, 1.807) is 7.05 Å². The highest BCUT2D eigenvalue weighted by Gasteiger charge is 2.11. The maximum absolute atomic E-state index is 10.6. The Morgan fingerprint density at radius 1 is 1.42 bits per heavy atom. The number of primary amides is 2. The summed E-state index contributed by atoms with van der Waals surface area (Å²) in [6.07, 6.45) is 0.439. The monoisotopic (exact) mass is 174 g/mol. The van der Waals surface area contributed by atoms with Crippen LogP contribution in [0.4, 0.5) is 4.79 Å². The van der Waals surface area contributed by atoms with Crippen LogP contribution in [0.3, 0.4) is 0 Å². The largest absolute Gasteiger partial charge is 0.368 e. The minimum Gasteiger partial charge on any atom is -0.368 e. The fourth-order valence-electron chi connectivity index (χ4n) is 0.769. The van der Waals surface area contributed by atoms with Crippen molar-refractivity contribution >= 4 is 11.9 Å². The summed E-state index contributed by atoms with van der Waals surface area (Å²) in [7, 11) is 1.62. The van der Waals surface area contributed by atoms with E-state index in [2.05, 4.69) is 10.6 Å². The first kappa shape index (κ1) is 10.7. The fourth-order valence-corrected chi connectivity index (χ4v) is 0.769. The van der Waals surface area contributed by atoms with E-state index in [-0.39, 0.29) is 0 Å². The van der Waals surface area contributed by atoms with Gasteiger partial charge >= 0.3 is 6.03 Å². The normalized spacial score (nSPS) is 12.1. The van der Waals surface area contributed by atoms with Crippen molar-refractivity contribution in [2.75, 3.05) is 13.6 Å². The van der Waals surface area contributed by atoms with Crippen LogP contribution in [0.1, 0.15) is 6.42 Å². The van der Waals surface area contributed by atoms with Gasteiger partial charge in [-0.1, -0.05) is 0 Å². The van der Waals surface area contributed by atoms with Crippen LogP contribution < -0.4 is 22.1 Å². The third-order valence-electron chi connectivity index (χ3n) is 1.42. The van der Waals surface area contributed by atoms with E-state index < -0.39 is 18.0 Å². The Kier molecular flexibility index (Phi) is 4.78. The molecule has 1 atom stereocenters. The van der Waals surface area contributed by atoms with E-state index in [0.29, 0.717) is 13.0 Å². The Labute approximate surface area is 70.7 Å². The van der Waals surface area contributed by atoms with Gasteiger partial charge in [-0.2, -0.15) is 0 Å². The molecule has 0 saturated carbocycles. The smallest absolute Gasteiger partial charge is 0.312 e. The second kappa shape index (κ2) is 5.36. The molecule has 12 heavy (non-hydrogen) atoms. The first-order valence-corrected chi connectivity index (χ1v) is 3.57. The average Bonchev–Trinajstić information content (AvgIpc) is 1.96. The number of carbonyl (C=O) groups excluding carboxylic acids is 2. The van der Waals surface area contributed by atoms with Crippen LogP contribution in [0.25, 0.3) is 0 Å². The van der Waals surface area contributed by atoms with Crippen LogP contribution in [0.15, 0.2) is 0 Å². The minimum absolute atomic E-state index is 0.337. The van der Waals surface area contributed by atoms with E-state index >= 15 is 0 Å². The number of carbonyl (C=O) groups is 2. The molecule has 0 aliphatic heterocycles. The summed E-state index contributed by atoms with van der Waals surface area (Å²) >= 11 is 0. The second-order valence-corrected chi connectivity index (χ2v) is 2.32. The van der Waals surface area contributed by atoms with E-state index in [1.807, 2.05) is 0 Å². The van der Waals surface area contributed by atoms with E-state index in [4.69, 9.17) is 11.5 Å². The Bertz CT molecular complexity index is 171. The summed E-state index contributed by atoms with van der Waals surface area (Å²) in [5, 5.41) is 5.06. The van der Waals surface area contributed by atoms with Crippen LogP contribution >= 0.6 is 0 Å². The molecule has 0 spiro atoms. The van der Waals surface area contributed by atoms with Gasteiger partial charge in [0.05, 0.1) is 6.04 Å². The molecule has 0 aliphatic rings. The van der Waals surface area contributed by atoms with Crippen molar-refractivity contribution in [1.29, 1.82) is 0 Å². The van der Waals surface area contributed by atoms with Crippen molar-refractivity contribution in [2.45, 2.75) is 12.5 Å². The van der Waals surface area contributed by atoms with Crippen molar-refractivity contribution in [2.24, 2.45) is 11.5 Å². The number of rotatable bonds is 5. The molecule has 0 heterocycles. The summed E-state index contributed by atoms with van der Waals surface area (Å²) in [5.74, 6) is -0.441. The molecule has 6 N–H and O–H groups in total. The molecule has 0 radical (unpaired) electrons. The molecule has 70 valence electrons. The van der Waals surface area contributed by atoms with Gasteiger partial charge in [-0.3, -0.25) is 4.79 Å². The molecular formula is C6H14N4O2. The zero-order chi connectivity index (χ0) is 9.56. The number of nitrogens with two attached hydrogens (primary N) is 2. The van der Waals surface area contributed by atoms with Crippen LogP contribution in [0.5, 0.6) is 0 Å². The Hall–Kier alpha value is -1.30. The number of nitrogens with one attached hydrogen (secondary N) is 2. The van der Waals surface area contributed by atoms with Crippen LogP contribution in [-0.2, 0) is 4.79 Å². The summed E-state index contributed by atoms with van der Waals surface area (Å²) in [5.41, 5.74) is 9.83. The lowest BCUT2D eigenvalue weighted by Crippen LogP contribution is -2.42. The lowest BCUT2D eigenvalue weighted by molar-refractivity contribution is -0.120. The Morgan fingerprint density at radius 3 is 2.33 bits per heavy atom. The average molecular weight is 174 g/mol. The molecule has 0 bridgehead atoms. The standard InChI is InChI=1S/C6H14N4O2/c1-9-4(5(7)11)2-3-10-6(8)12/h4,9H,2-3H2,1H3,(H2,7,11)(H3,8,10,12). The molecular weight excluding hydrogens is 160 g/mol. The molecule has 0 fully saturated rings. The number of hydrogen-bond donors (Lipinski definition) is 4. The number of likely N-dealkylation sites (N-methyl/N-ethyl adjacent to an activating group) is 1. The van der Waals surface area contributed by atoms with Gasteiger partial charge in [-0.15, -0.1) is 0 Å². The van der Waals surface area contributed by atoms with Crippen molar-refractivity contribution in [3.05, 3.63) is 0 Å². The maximum atomic E-state index is 10.6. The maximum Gasteiger partial charge on any atom is 0.312 e.